The third-order valence-electron chi connectivity index (χ3n) is 4.00. The number of aromatic nitrogens is 1. The highest BCUT2D eigenvalue weighted by atomic mass is 32.1. The van der Waals surface area contributed by atoms with Gasteiger partial charge in [-0.2, -0.15) is 0 Å². The van der Waals surface area contributed by atoms with E-state index in [1.165, 1.54) is 11.3 Å². The Kier molecular flexibility index (Phi) is 6.76. The van der Waals surface area contributed by atoms with Crippen molar-refractivity contribution in [3.8, 4) is 21.8 Å². The van der Waals surface area contributed by atoms with Crippen molar-refractivity contribution in [2.45, 2.75) is 13.0 Å². The minimum absolute atomic E-state index is 0.237. The topological polar surface area (TPSA) is 91.7 Å². The molecule has 3 rings (SSSR count). The zero-order valence-corrected chi connectivity index (χ0v) is 16.3. The molecule has 0 saturated heterocycles. The molecule has 1 heterocycles. The molecule has 28 heavy (non-hydrogen) atoms. The van der Waals surface area contributed by atoms with Gasteiger partial charge in [0.25, 0.3) is 0 Å². The van der Waals surface area contributed by atoms with E-state index in [-0.39, 0.29) is 19.1 Å². The molecule has 1 atom stereocenters. The minimum Gasteiger partial charge on any atom is -0.462 e. The second kappa shape index (κ2) is 9.45. The van der Waals surface area contributed by atoms with E-state index in [1.54, 1.807) is 6.92 Å². The van der Waals surface area contributed by atoms with Gasteiger partial charge in [0.15, 0.2) is 0 Å². The van der Waals surface area contributed by atoms with E-state index in [0.29, 0.717) is 22.2 Å². The van der Waals surface area contributed by atoms with Gasteiger partial charge in [-0.1, -0.05) is 42.5 Å². The van der Waals surface area contributed by atoms with Crippen molar-refractivity contribution >= 4 is 23.0 Å². The summed E-state index contributed by atoms with van der Waals surface area (Å²) in [5.41, 5.74) is 3.10. The smallest absolute Gasteiger partial charge is 0.350 e. The van der Waals surface area contributed by atoms with Gasteiger partial charge in [0, 0.05) is 23.4 Å². The number of nitrogens with one attached hydrogen (secondary N) is 1. The number of aliphatic hydroxyl groups excluding tert-OH is 2. The number of aliphatic hydroxyl groups is 2. The first-order chi connectivity index (χ1) is 13.6. The molecule has 1 unspecified atom stereocenters. The van der Waals surface area contributed by atoms with Gasteiger partial charge >= 0.3 is 5.97 Å². The number of rotatable bonds is 8. The minimum atomic E-state index is -0.830. The van der Waals surface area contributed by atoms with E-state index in [2.05, 4.69) is 5.32 Å². The lowest BCUT2D eigenvalue weighted by Crippen LogP contribution is -2.22. The highest BCUT2D eigenvalue weighted by Crippen LogP contribution is 2.35. The fourth-order valence-corrected chi connectivity index (χ4v) is 3.61. The van der Waals surface area contributed by atoms with Crippen molar-refractivity contribution < 1.29 is 19.7 Å². The lowest BCUT2D eigenvalue weighted by molar-refractivity contribution is 0.0532. The van der Waals surface area contributed by atoms with Crippen LogP contribution in [0.3, 0.4) is 0 Å². The van der Waals surface area contributed by atoms with Gasteiger partial charge in [0.05, 0.1) is 25.0 Å². The van der Waals surface area contributed by atoms with E-state index in [4.69, 9.17) is 14.8 Å². The largest absolute Gasteiger partial charge is 0.462 e. The van der Waals surface area contributed by atoms with Crippen molar-refractivity contribution in [1.82, 2.24) is 4.98 Å². The van der Waals surface area contributed by atoms with Crippen molar-refractivity contribution in [2.24, 2.45) is 0 Å². The second-order valence-corrected chi connectivity index (χ2v) is 7.08. The van der Waals surface area contributed by atoms with Gasteiger partial charge in [0.2, 0.25) is 0 Å². The number of hydrogen-bond acceptors (Lipinski definition) is 7. The van der Waals surface area contributed by atoms with Crippen molar-refractivity contribution in [3.05, 3.63) is 59.5 Å². The zero-order chi connectivity index (χ0) is 19.9. The SMILES string of the molecule is CCOC(=O)c1sc(-c2cccc(NCC(O)CO)c2)nc1-c1ccccc1. The number of anilines is 1. The Bertz CT molecular complexity index is 927. The van der Waals surface area contributed by atoms with Crippen molar-refractivity contribution in [3.63, 3.8) is 0 Å². The molecule has 0 saturated carbocycles. The Hall–Kier alpha value is -2.74. The lowest BCUT2D eigenvalue weighted by atomic mass is 10.1. The van der Waals surface area contributed by atoms with E-state index in [0.717, 1.165) is 16.8 Å². The maximum atomic E-state index is 12.4. The molecule has 0 fully saturated rings. The third-order valence-corrected chi connectivity index (χ3v) is 5.08. The number of nitrogens with zero attached hydrogens (tertiary/aromatic N) is 1. The highest BCUT2D eigenvalue weighted by Gasteiger charge is 2.21. The van der Waals surface area contributed by atoms with Gasteiger partial charge in [-0.25, -0.2) is 9.78 Å². The van der Waals surface area contributed by atoms with Crippen LogP contribution >= 0.6 is 11.3 Å². The average molecular weight is 398 g/mol. The summed E-state index contributed by atoms with van der Waals surface area (Å²) in [6.07, 6.45) is -0.830. The predicted octanol–water partition coefficient (Wildman–Crippen LogP) is 3.42. The van der Waals surface area contributed by atoms with Gasteiger partial charge < -0.3 is 20.3 Å². The molecule has 2 aromatic carbocycles. The Morgan fingerprint density at radius 1 is 1.18 bits per heavy atom. The summed E-state index contributed by atoms with van der Waals surface area (Å²) >= 11 is 1.29. The van der Waals surface area contributed by atoms with Crippen LogP contribution < -0.4 is 5.32 Å². The maximum Gasteiger partial charge on any atom is 0.350 e. The van der Waals surface area contributed by atoms with Gasteiger partial charge in [-0.05, 0) is 19.1 Å². The van der Waals surface area contributed by atoms with Crippen LogP contribution in [0.2, 0.25) is 0 Å². The van der Waals surface area contributed by atoms with Crippen molar-refractivity contribution in [1.29, 1.82) is 0 Å². The molecule has 0 bridgehead atoms. The number of benzene rings is 2. The number of esters is 1. The molecule has 0 amide bonds. The van der Waals surface area contributed by atoms with Crippen LogP contribution in [0.15, 0.2) is 54.6 Å². The first-order valence-electron chi connectivity index (χ1n) is 8.99. The predicted molar refractivity (Wildman–Crippen MR) is 111 cm³/mol. The van der Waals surface area contributed by atoms with Gasteiger partial charge in [-0.3, -0.25) is 0 Å². The Morgan fingerprint density at radius 2 is 1.93 bits per heavy atom. The summed E-state index contributed by atoms with van der Waals surface area (Å²) in [5, 5.41) is 22.2. The summed E-state index contributed by atoms with van der Waals surface area (Å²) < 4.78 is 5.21. The molecule has 1 aromatic heterocycles. The summed E-state index contributed by atoms with van der Waals surface area (Å²) in [4.78, 5) is 17.6. The van der Waals surface area contributed by atoms with E-state index < -0.39 is 6.10 Å². The Labute approximate surface area is 167 Å². The Balaban J connectivity index is 1.95. The molecule has 0 radical (unpaired) electrons. The maximum absolute atomic E-state index is 12.4. The van der Waals surface area contributed by atoms with Gasteiger partial charge in [-0.15, -0.1) is 11.3 Å². The second-order valence-electron chi connectivity index (χ2n) is 6.08. The molecular weight excluding hydrogens is 376 g/mol. The Morgan fingerprint density at radius 3 is 2.64 bits per heavy atom. The molecule has 0 spiro atoms. The van der Waals surface area contributed by atoms with E-state index in [9.17, 15) is 9.90 Å². The molecule has 0 aliphatic carbocycles. The summed E-state index contributed by atoms with van der Waals surface area (Å²) in [6.45, 7) is 2.01. The lowest BCUT2D eigenvalue weighted by Gasteiger charge is -2.10. The van der Waals surface area contributed by atoms with Crippen LogP contribution in [0.25, 0.3) is 21.8 Å². The van der Waals surface area contributed by atoms with Gasteiger partial charge in [0.1, 0.15) is 9.88 Å². The summed E-state index contributed by atoms with van der Waals surface area (Å²) in [6, 6.07) is 17.1. The van der Waals surface area contributed by atoms with Crippen LogP contribution in [0, 0.1) is 0 Å². The molecule has 7 heteroatoms. The fraction of sp³-hybridized carbons (Fsp3) is 0.238. The number of hydrogen-bond donors (Lipinski definition) is 3. The van der Waals surface area contributed by atoms with E-state index in [1.807, 2.05) is 54.6 Å². The van der Waals surface area contributed by atoms with Crippen LogP contribution in [0.4, 0.5) is 5.69 Å². The molecule has 6 nitrogen and oxygen atoms in total. The molecular formula is C21H22N2O4S. The monoisotopic (exact) mass is 398 g/mol. The van der Waals surface area contributed by atoms with Crippen LogP contribution in [0.5, 0.6) is 0 Å². The van der Waals surface area contributed by atoms with Crippen LogP contribution in [-0.4, -0.2) is 47.0 Å². The molecule has 0 aliphatic rings. The molecule has 3 N–H and O–H groups in total. The average Bonchev–Trinajstić information content (AvgIpc) is 3.19. The summed E-state index contributed by atoms with van der Waals surface area (Å²) in [7, 11) is 0. The summed E-state index contributed by atoms with van der Waals surface area (Å²) in [5.74, 6) is -0.384. The number of thiazole rings is 1. The fourth-order valence-electron chi connectivity index (χ4n) is 2.63. The van der Waals surface area contributed by atoms with Crippen molar-refractivity contribution in [2.75, 3.05) is 25.1 Å². The number of carbonyl (C=O) groups is 1. The standard InChI is InChI=1S/C21H22N2O4S/c1-2-27-21(26)19-18(14-7-4-3-5-8-14)23-20(28-19)15-9-6-10-16(11-15)22-12-17(25)13-24/h3-11,17,22,24-25H,2,12-13H2,1H3. The quantitative estimate of drug-likeness (QED) is 0.504. The number of ether oxygens (including phenoxy) is 1. The first kappa shape index (κ1) is 20.0. The van der Waals surface area contributed by atoms with E-state index >= 15 is 0 Å². The molecule has 0 aliphatic heterocycles. The zero-order valence-electron chi connectivity index (χ0n) is 15.5. The first-order valence-corrected chi connectivity index (χ1v) is 9.80. The third kappa shape index (κ3) is 4.75. The highest BCUT2D eigenvalue weighted by molar-refractivity contribution is 7.17. The van der Waals surface area contributed by atoms with Crippen LogP contribution in [-0.2, 0) is 4.74 Å². The number of carbonyl (C=O) groups excluding carboxylic acids is 1. The normalized spacial score (nSPS) is 11.8. The molecule has 146 valence electrons. The molecule has 3 aromatic rings. The van der Waals surface area contributed by atoms with Crippen LogP contribution in [0.1, 0.15) is 16.6 Å².